The summed E-state index contributed by atoms with van der Waals surface area (Å²) in [6, 6.07) is 10.3. The molecule has 2 heterocycles. The van der Waals surface area contributed by atoms with Gasteiger partial charge in [0, 0.05) is 38.3 Å². The van der Waals surface area contributed by atoms with Crippen LogP contribution in [0, 0.1) is 23.7 Å². The van der Waals surface area contributed by atoms with Gasteiger partial charge in [0.1, 0.15) is 0 Å². The van der Waals surface area contributed by atoms with Gasteiger partial charge in [0.25, 0.3) is 0 Å². The van der Waals surface area contributed by atoms with Gasteiger partial charge in [-0.15, -0.1) is 0 Å². The van der Waals surface area contributed by atoms with E-state index in [9.17, 15) is 9.59 Å². The Kier molecular flexibility index (Phi) is 5.64. The van der Waals surface area contributed by atoms with Crippen LogP contribution >= 0.6 is 0 Å². The molecular weight excluding hydrogens is 402 g/mol. The number of aliphatic imine (C=N–C) groups is 1. The van der Waals surface area contributed by atoms with Crippen LogP contribution in [0.15, 0.2) is 53.7 Å². The molecule has 2 aliphatic carbocycles. The van der Waals surface area contributed by atoms with E-state index in [0.717, 1.165) is 36.2 Å². The van der Waals surface area contributed by atoms with E-state index in [1.165, 1.54) is 10.5 Å². The molecule has 2 bridgehead atoms. The molecule has 2 N–H and O–H groups in total. The number of fused-ring (bicyclic) bond motifs is 6. The molecule has 4 unspecified atom stereocenters. The summed E-state index contributed by atoms with van der Waals surface area (Å²) in [6.45, 7) is 1.85. The lowest BCUT2D eigenvalue weighted by Gasteiger charge is -2.18. The first-order valence-electron chi connectivity index (χ1n) is 11.5. The van der Waals surface area contributed by atoms with E-state index in [-0.39, 0.29) is 35.5 Å². The zero-order valence-electron chi connectivity index (χ0n) is 18.3. The van der Waals surface area contributed by atoms with Gasteiger partial charge in [0.2, 0.25) is 11.8 Å². The van der Waals surface area contributed by atoms with Gasteiger partial charge in [-0.05, 0) is 42.7 Å². The maximum atomic E-state index is 12.8. The van der Waals surface area contributed by atoms with Gasteiger partial charge in [-0.3, -0.25) is 24.5 Å². The van der Waals surface area contributed by atoms with Crippen molar-refractivity contribution in [3.63, 3.8) is 0 Å². The average Bonchev–Trinajstić information content (AvgIpc) is 3.50. The molecule has 1 saturated carbocycles. The number of hydrogen-bond donors (Lipinski definition) is 2. The highest BCUT2D eigenvalue weighted by Crippen LogP contribution is 2.52. The summed E-state index contributed by atoms with van der Waals surface area (Å²) in [5.74, 6) is 1.10. The van der Waals surface area contributed by atoms with Crippen LogP contribution in [-0.4, -0.2) is 54.3 Å². The monoisotopic (exact) mass is 431 g/mol. The predicted octanol–water partition coefficient (Wildman–Crippen LogP) is 2.14. The highest BCUT2D eigenvalue weighted by molar-refractivity contribution is 6.06. The van der Waals surface area contributed by atoms with Crippen LogP contribution in [0.5, 0.6) is 0 Å². The van der Waals surface area contributed by atoms with Crippen molar-refractivity contribution in [2.45, 2.75) is 19.3 Å². The third kappa shape index (κ3) is 3.66. The molecule has 1 saturated heterocycles. The number of para-hydroxylation sites is 1. The summed E-state index contributed by atoms with van der Waals surface area (Å²) in [5.41, 5.74) is 2.24. The normalized spacial score (nSPS) is 26.3. The Morgan fingerprint density at radius 1 is 1.06 bits per heavy atom. The molecule has 2 aromatic rings. The van der Waals surface area contributed by atoms with Gasteiger partial charge < -0.3 is 10.6 Å². The molecule has 0 spiro atoms. The van der Waals surface area contributed by atoms with Crippen LogP contribution in [0.2, 0.25) is 0 Å². The highest BCUT2D eigenvalue weighted by atomic mass is 16.2. The van der Waals surface area contributed by atoms with Crippen molar-refractivity contribution in [1.29, 1.82) is 0 Å². The number of nitrogens with zero attached hydrogens (tertiary/aromatic N) is 3. The second kappa shape index (κ2) is 8.73. The maximum Gasteiger partial charge on any atom is 0.233 e. The summed E-state index contributed by atoms with van der Waals surface area (Å²) in [5, 5.41) is 7.77. The fraction of sp³-hybridized carbons (Fsp3) is 0.440. The molecule has 1 aromatic carbocycles. The van der Waals surface area contributed by atoms with E-state index in [4.69, 9.17) is 0 Å². The second-order valence-electron chi connectivity index (χ2n) is 8.85. The molecule has 3 aliphatic rings. The quantitative estimate of drug-likeness (QED) is 0.231. The van der Waals surface area contributed by atoms with E-state index in [2.05, 4.69) is 57.0 Å². The lowest BCUT2D eigenvalue weighted by Crippen LogP contribution is -2.40. The molecule has 2 amide bonds. The Labute approximate surface area is 188 Å². The minimum atomic E-state index is -0.108. The third-order valence-corrected chi connectivity index (χ3v) is 7.04. The summed E-state index contributed by atoms with van der Waals surface area (Å²) in [6.07, 6.45) is 8.60. The van der Waals surface area contributed by atoms with Gasteiger partial charge in [-0.2, -0.15) is 0 Å². The fourth-order valence-electron chi connectivity index (χ4n) is 5.53. The summed E-state index contributed by atoms with van der Waals surface area (Å²) in [7, 11) is 1.74. The SMILES string of the molecule is CN=C(NCCCN1C(=O)C2C3C=CC(C3)C2C1=O)NCCc1cccc2cccnc12. The number of guanidine groups is 1. The minimum absolute atomic E-state index is 0.0306. The molecule has 1 aromatic heterocycles. The van der Waals surface area contributed by atoms with Gasteiger partial charge in [0.15, 0.2) is 5.96 Å². The van der Waals surface area contributed by atoms with Crippen molar-refractivity contribution in [2.75, 3.05) is 26.7 Å². The number of allylic oxidation sites excluding steroid dienone is 2. The number of hydrogen-bond acceptors (Lipinski definition) is 4. The average molecular weight is 432 g/mol. The number of pyridine rings is 1. The van der Waals surface area contributed by atoms with Crippen LogP contribution in [-0.2, 0) is 16.0 Å². The lowest BCUT2D eigenvalue weighted by molar-refractivity contribution is -0.140. The molecule has 2 fully saturated rings. The molecule has 166 valence electrons. The maximum absolute atomic E-state index is 12.8. The summed E-state index contributed by atoms with van der Waals surface area (Å²) >= 11 is 0. The number of aromatic nitrogens is 1. The van der Waals surface area contributed by atoms with Crippen molar-refractivity contribution in [2.24, 2.45) is 28.7 Å². The molecule has 4 atom stereocenters. The van der Waals surface area contributed by atoms with Crippen LogP contribution < -0.4 is 10.6 Å². The third-order valence-electron chi connectivity index (χ3n) is 7.04. The predicted molar refractivity (Wildman–Crippen MR) is 124 cm³/mol. The minimum Gasteiger partial charge on any atom is -0.356 e. The van der Waals surface area contributed by atoms with E-state index in [0.29, 0.717) is 19.5 Å². The number of imide groups is 1. The number of carbonyl (C=O) groups excluding carboxylic acids is 2. The standard InChI is InChI=1S/C25H29N5O2/c1-26-25(29-13-10-17-6-2-5-16-7-3-11-27-22(16)17)28-12-4-14-30-23(31)20-18-8-9-19(15-18)21(20)24(30)32/h2-3,5-9,11,18-21H,4,10,12-15H2,1H3,(H2,26,28,29). The van der Waals surface area contributed by atoms with E-state index in [1.54, 1.807) is 7.05 Å². The van der Waals surface area contributed by atoms with E-state index < -0.39 is 0 Å². The fourth-order valence-corrected chi connectivity index (χ4v) is 5.53. The van der Waals surface area contributed by atoms with Crippen LogP contribution in [0.4, 0.5) is 0 Å². The van der Waals surface area contributed by atoms with Crippen LogP contribution in [0.3, 0.4) is 0 Å². The Morgan fingerprint density at radius 2 is 1.78 bits per heavy atom. The Balaban J connectivity index is 1.07. The van der Waals surface area contributed by atoms with Crippen LogP contribution in [0.25, 0.3) is 10.9 Å². The number of likely N-dealkylation sites (tertiary alicyclic amines) is 1. The molecule has 5 rings (SSSR count). The highest BCUT2D eigenvalue weighted by Gasteiger charge is 2.58. The first-order valence-corrected chi connectivity index (χ1v) is 11.5. The number of amides is 2. The number of carbonyl (C=O) groups is 2. The largest absolute Gasteiger partial charge is 0.356 e. The molecule has 7 nitrogen and oxygen atoms in total. The zero-order valence-corrected chi connectivity index (χ0v) is 18.3. The molecule has 0 radical (unpaired) electrons. The van der Waals surface area contributed by atoms with E-state index >= 15 is 0 Å². The molecular formula is C25H29N5O2. The first kappa shape index (κ1) is 20.7. The molecule has 32 heavy (non-hydrogen) atoms. The molecule has 7 heteroatoms. The van der Waals surface area contributed by atoms with Crippen molar-refractivity contribution in [3.8, 4) is 0 Å². The first-order chi connectivity index (χ1) is 15.7. The van der Waals surface area contributed by atoms with Gasteiger partial charge >= 0.3 is 0 Å². The Hall–Kier alpha value is -3.22. The lowest BCUT2D eigenvalue weighted by atomic mass is 9.85. The molecule has 1 aliphatic heterocycles. The van der Waals surface area contributed by atoms with Crippen molar-refractivity contribution >= 4 is 28.7 Å². The van der Waals surface area contributed by atoms with Crippen LogP contribution in [0.1, 0.15) is 18.4 Å². The van der Waals surface area contributed by atoms with E-state index in [1.807, 2.05) is 12.3 Å². The Bertz CT molecular complexity index is 1060. The number of benzene rings is 1. The number of nitrogens with one attached hydrogen (secondary N) is 2. The van der Waals surface area contributed by atoms with Gasteiger partial charge in [-0.1, -0.05) is 36.4 Å². The smallest absolute Gasteiger partial charge is 0.233 e. The summed E-state index contributed by atoms with van der Waals surface area (Å²) in [4.78, 5) is 35.8. The summed E-state index contributed by atoms with van der Waals surface area (Å²) < 4.78 is 0. The van der Waals surface area contributed by atoms with Gasteiger partial charge in [0.05, 0.1) is 17.4 Å². The van der Waals surface area contributed by atoms with Gasteiger partial charge in [-0.25, -0.2) is 0 Å². The van der Waals surface area contributed by atoms with Crippen molar-refractivity contribution in [3.05, 3.63) is 54.2 Å². The van der Waals surface area contributed by atoms with Crippen molar-refractivity contribution < 1.29 is 9.59 Å². The Morgan fingerprint density at radius 3 is 2.53 bits per heavy atom. The topological polar surface area (TPSA) is 86.7 Å². The second-order valence-corrected chi connectivity index (χ2v) is 8.85. The van der Waals surface area contributed by atoms with Crippen molar-refractivity contribution in [1.82, 2.24) is 20.5 Å². The number of rotatable bonds is 7. The zero-order chi connectivity index (χ0) is 22.1.